The van der Waals surface area contributed by atoms with Crippen LogP contribution < -0.4 is 5.32 Å². The van der Waals surface area contributed by atoms with Gasteiger partial charge in [0, 0.05) is 12.2 Å². The minimum atomic E-state index is -0.652. The third kappa shape index (κ3) is 4.98. The third-order valence-corrected chi connectivity index (χ3v) is 7.06. The number of carbonyl (C=O) groups excluding carboxylic acids is 5. The summed E-state index contributed by atoms with van der Waals surface area (Å²) in [6, 6.07) is 6.21. The van der Waals surface area contributed by atoms with Gasteiger partial charge in [-0.1, -0.05) is 13.3 Å². The summed E-state index contributed by atoms with van der Waals surface area (Å²) in [6.07, 6.45) is 4.55. The Bertz CT molecular complexity index is 946. The first kappa shape index (κ1) is 23.9. The molecule has 182 valence electrons. The number of hydrogen-bond acceptors (Lipinski definition) is 7. The maximum atomic E-state index is 12.7. The molecule has 2 aliphatic carbocycles. The van der Waals surface area contributed by atoms with Crippen LogP contribution in [0.15, 0.2) is 24.3 Å². The predicted octanol–water partition coefficient (Wildman–Crippen LogP) is 2.55. The summed E-state index contributed by atoms with van der Waals surface area (Å²) in [5, 5.41) is 2.58. The number of nitrogens with one attached hydrogen (secondary N) is 1. The Morgan fingerprint density at radius 2 is 1.65 bits per heavy atom. The molecule has 9 heteroatoms. The topological polar surface area (TPSA) is 119 Å². The SMILES string of the molecule is CCCCOC(=O)c1ccc(NC(=O)COC(=O)CCN2C(=O)[C@H]3[C@H]4CC[C@@H](C4)[C@@H]3C2=O)cc1. The zero-order valence-electron chi connectivity index (χ0n) is 19.3. The van der Waals surface area contributed by atoms with Crippen molar-refractivity contribution >= 4 is 35.3 Å². The highest BCUT2D eigenvalue weighted by Gasteiger charge is 2.60. The van der Waals surface area contributed by atoms with E-state index < -0.39 is 24.5 Å². The molecule has 3 fully saturated rings. The van der Waals surface area contributed by atoms with Gasteiger partial charge in [0.1, 0.15) is 0 Å². The fourth-order valence-electron chi connectivity index (χ4n) is 5.39. The van der Waals surface area contributed by atoms with Gasteiger partial charge in [-0.05, 0) is 61.8 Å². The zero-order valence-corrected chi connectivity index (χ0v) is 19.3. The van der Waals surface area contributed by atoms with Crippen LogP contribution in [0.1, 0.15) is 55.8 Å². The number of imide groups is 1. The number of esters is 2. The van der Waals surface area contributed by atoms with Crippen molar-refractivity contribution in [3.63, 3.8) is 0 Å². The molecule has 0 radical (unpaired) electrons. The van der Waals surface area contributed by atoms with Gasteiger partial charge in [-0.25, -0.2) is 4.79 Å². The van der Waals surface area contributed by atoms with Crippen LogP contribution in [0.25, 0.3) is 0 Å². The molecule has 2 bridgehead atoms. The largest absolute Gasteiger partial charge is 0.462 e. The minimum absolute atomic E-state index is 0.0135. The van der Waals surface area contributed by atoms with Gasteiger partial charge >= 0.3 is 11.9 Å². The quantitative estimate of drug-likeness (QED) is 0.317. The van der Waals surface area contributed by atoms with Crippen LogP contribution in [-0.4, -0.2) is 54.3 Å². The molecular formula is C25H30N2O7. The van der Waals surface area contributed by atoms with E-state index in [0.717, 1.165) is 32.1 Å². The van der Waals surface area contributed by atoms with E-state index in [9.17, 15) is 24.0 Å². The van der Waals surface area contributed by atoms with Crippen LogP contribution in [0, 0.1) is 23.7 Å². The molecule has 3 aliphatic rings. The molecule has 3 amide bonds. The molecule has 2 saturated carbocycles. The number of benzene rings is 1. The van der Waals surface area contributed by atoms with Gasteiger partial charge in [0.15, 0.2) is 6.61 Å². The average molecular weight is 471 g/mol. The minimum Gasteiger partial charge on any atom is -0.462 e. The molecule has 0 spiro atoms. The van der Waals surface area contributed by atoms with E-state index in [4.69, 9.17) is 9.47 Å². The summed E-state index contributed by atoms with van der Waals surface area (Å²) in [4.78, 5) is 62.6. The van der Waals surface area contributed by atoms with Crippen molar-refractivity contribution in [1.29, 1.82) is 0 Å². The van der Waals surface area contributed by atoms with E-state index in [2.05, 4.69) is 5.32 Å². The highest BCUT2D eigenvalue weighted by Crippen LogP contribution is 2.56. The summed E-state index contributed by atoms with van der Waals surface area (Å²) < 4.78 is 10.1. The van der Waals surface area contributed by atoms with Crippen LogP contribution in [0.4, 0.5) is 5.69 Å². The lowest BCUT2D eigenvalue weighted by Crippen LogP contribution is -2.35. The molecule has 4 rings (SSSR count). The molecule has 34 heavy (non-hydrogen) atoms. The maximum absolute atomic E-state index is 12.7. The number of fused-ring (bicyclic) bond motifs is 5. The summed E-state index contributed by atoms with van der Waals surface area (Å²) in [5.41, 5.74) is 0.823. The summed E-state index contributed by atoms with van der Waals surface area (Å²) in [6.45, 7) is 1.86. The molecule has 1 aromatic carbocycles. The number of ether oxygens (including phenoxy) is 2. The molecule has 4 atom stereocenters. The van der Waals surface area contributed by atoms with E-state index >= 15 is 0 Å². The lowest BCUT2D eigenvalue weighted by Gasteiger charge is -2.19. The second kappa shape index (κ2) is 10.4. The number of amides is 3. The Morgan fingerprint density at radius 3 is 2.26 bits per heavy atom. The summed E-state index contributed by atoms with van der Waals surface area (Å²) in [5.74, 6) is -1.76. The van der Waals surface area contributed by atoms with E-state index in [0.29, 0.717) is 29.7 Å². The molecule has 9 nitrogen and oxygen atoms in total. The molecule has 1 aliphatic heterocycles. The molecule has 1 saturated heterocycles. The van der Waals surface area contributed by atoms with E-state index in [1.165, 1.54) is 4.90 Å². The molecule has 1 heterocycles. The first-order chi connectivity index (χ1) is 16.4. The van der Waals surface area contributed by atoms with E-state index in [-0.39, 0.29) is 36.6 Å². The Hall–Kier alpha value is -3.23. The second-order valence-electron chi connectivity index (χ2n) is 9.24. The second-order valence-corrected chi connectivity index (χ2v) is 9.24. The molecule has 0 unspecified atom stereocenters. The predicted molar refractivity (Wildman–Crippen MR) is 120 cm³/mol. The van der Waals surface area contributed by atoms with Crippen molar-refractivity contribution in [2.75, 3.05) is 25.1 Å². The van der Waals surface area contributed by atoms with Crippen molar-refractivity contribution in [3.05, 3.63) is 29.8 Å². The fourth-order valence-corrected chi connectivity index (χ4v) is 5.39. The van der Waals surface area contributed by atoms with Gasteiger partial charge in [0.2, 0.25) is 11.8 Å². The molecule has 1 N–H and O–H groups in total. The normalized spacial score (nSPS) is 24.8. The van der Waals surface area contributed by atoms with Crippen molar-refractivity contribution in [1.82, 2.24) is 4.90 Å². The Kier molecular flexibility index (Phi) is 7.29. The van der Waals surface area contributed by atoms with Gasteiger partial charge in [-0.15, -0.1) is 0 Å². The lowest BCUT2D eigenvalue weighted by molar-refractivity contribution is -0.149. The highest BCUT2D eigenvalue weighted by molar-refractivity contribution is 6.06. The Morgan fingerprint density at radius 1 is 1.00 bits per heavy atom. The summed E-state index contributed by atoms with van der Waals surface area (Å²) >= 11 is 0. The van der Waals surface area contributed by atoms with Crippen molar-refractivity contribution in [2.45, 2.75) is 45.4 Å². The first-order valence-corrected chi connectivity index (χ1v) is 12.0. The third-order valence-electron chi connectivity index (χ3n) is 7.06. The number of unbranched alkanes of at least 4 members (excludes halogenated alkanes) is 1. The number of anilines is 1. The summed E-state index contributed by atoms with van der Waals surface area (Å²) in [7, 11) is 0. The highest BCUT2D eigenvalue weighted by atomic mass is 16.5. The Balaban J connectivity index is 1.17. The monoisotopic (exact) mass is 470 g/mol. The lowest BCUT2D eigenvalue weighted by atomic mass is 9.81. The number of likely N-dealkylation sites (tertiary alicyclic amines) is 1. The first-order valence-electron chi connectivity index (χ1n) is 12.0. The van der Waals surface area contributed by atoms with Crippen molar-refractivity contribution in [2.24, 2.45) is 23.7 Å². The van der Waals surface area contributed by atoms with Crippen LogP contribution in [0.2, 0.25) is 0 Å². The van der Waals surface area contributed by atoms with Gasteiger partial charge in [0.25, 0.3) is 5.91 Å². The number of rotatable bonds is 10. The van der Waals surface area contributed by atoms with Crippen LogP contribution in [-0.2, 0) is 28.7 Å². The van der Waals surface area contributed by atoms with E-state index in [1.54, 1.807) is 24.3 Å². The Labute approximate surface area is 198 Å². The molecular weight excluding hydrogens is 440 g/mol. The van der Waals surface area contributed by atoms with Gasteiger partial charge < -0.3 is 14.8 Å². The fraction of sp³-hybridized carbons (Fsp3) is 0.560. The standard InChI is InChI=1S/C25H30N2O7/c1-2-3-12-33-25(32)15-6-8-18(9-7-15)26-19(28)14-34-20(29)10-11-27-23(30)21-16-4-5-17(13-16)22(21)24(27)31/h6-9,16-17,21-22H,2-5,10-14H2,1H3,(H,26,28)/t16-,17-,21-,22-/m0/s1. The van der Waals surface area contributed by atoms with Gasteiger partial charge in [-0.3, -0.25) is 24.1 Å². The zero-order chi connectivity index (χ0) is 24.2. The average Bonchev–Trinajstić information content (AvgIpc) is 3.51. The van der Waals surface area contributed by atoms with Crippen LogP contribution in [0.5, 0.6) is 0 Å². The number of nitrogens with zero attached hydrogens (tertiary/aromatic N) is 1. The molecule has 1 aromatic rings. The number of hydrogen-bond donors (Lipinski definition) is 1. The molecule has 0 aromatic heterocycles. The van der Waals surface area contributed by atoms with Gasteiger partial charge in [0.05, 0.1) is 30.4 Å². The van der Waals surface area contributed by atoms with Crippen molar-refractivity contribution < 1.29 is 33.4 Å². The van der Waals surface area contributed by atoms with Crippen LogP contribution >= 0.6 is 0 Å². The van der Waals surface area contributed by atoms with E-state index in [1.807, 2.05) is 6.92 Å². The maximum Gasteiger partial charge on any atom is 0.338 e. The van der Waals surface area contributed by atoms with Gasteiger partial charge in [-0.2, -0.15) is 0 Å². The smallest absolute Gasteiger partial charge is 0.338 e. The number of carbonyl (C=O) groups is 5. The van der Waals surface area contributed by atoms with Crippen molar-refractivity contribution in [3.8, 4) is 0 Å². The van der Waals surface area contributed by atoms with Crippen LogP contribution in [0.3, 0.4) is 0 Å².